The Bertz CT molecular complexity index is 2580. The number of amides is 6. The highest BCUT2D eigenvalue weighted by atomic mass is 79.9. The van der Waals surface area contributed by atoms with E-state index in [9.17, 15) is 52.1 Å². The summed E-state index contributed by atoms with van der Waals surface area (Å²) in [6.07, 6.45) is -0.0370. The lowest BCUT2D eigenvalue weighted by Crippen LogP contribution is -2.31. The molecule has 0 fully saturated rings. The van der Waals surface area contributed by atoms with Gasteiger partial charge in [-0.15, -0.1) is 0 Å². The summed E-state index contributed by atoms with van der Waals surface area (Å²) in [5, 5.41) is 42.7. The van der Waals surface area contributed by atoms with Crippen LogP contribution in [0, 0.1) is 23.3 Å². The molecule has 15 nitrogen and oxygen atoms in total. The van der Waals surface area contributed by atoms with E-state index in [4.69, 9.17) is 4.74 Å². The molecule has 6 rings (SSSR count). The summed E-state index contributed by atoms with van der Waals surface area (Å²) in [5.41, 5.74) is 0.641. The summed E-state index contributed by atoms with van der Waals surface area (Å²) in [7, 11) is 0. The number of carbonyl (C=O) groups is 4. The van der Waals surface area contributed by atoms with E-state index in [2.05, 4.69) is 68.5 Å². The molecule has 9 N–H and O–H groups in total. The minimum absolute atomic E-state index is 0.0107. The van der Waals surface area contributed by atoms with Crippen LogP contribution in [0.15, 0.2) is 130 Å². The van der Waals surface area contributed by atoms with Crippen LogP contribution in [0.1, 0.15) is 13.3 Å². The normalized spacial score (nSPS) is 10.1. The SMILES string of the molecule is CCOC(=O)CCNC(=O)Nc1cc(F)cc(F)c1O.O=C(Nc1ccc(Oc2ccccc2)cc1)Nc1cc(Br)cc(F)c1O.O=C(Nc1ccccc1)Nc1cc(Br)cc(F)c1O. The van der Waals surface area contributed by atoms with Crippen molar-refractivity contribution in [3.8, 4) is 28.7 Å². The molecule has 6 amide bonds. The van der Waals surface area contributed by atoms with Crippen LogP contribution in [0.2, 0.25) is 0 Å². The smallest absolute Gasteiger partial charge is 0.323 e. The molecular weight excluding hydrogens is 992 g/mol. The van der Waals surface area contributed by atoms with Crippen molar-refractivity contribution in [1.29, 1.82) is 0 Å². The first-order valence-corrected chi connectivity index (χ1v) is 20.4. The van der Waals surface area contributed by atoms with Crippen LogP contribution < -0.4 is 36.6 Å². The quantitative estimate of drug-likeness (QED) is 0.0342. The van der Waals surface area contributed by atoms with Gasteiger partial charge in [0.15, 0.2) is 34.7 Å². The third-order valence-corrected chi connectivity index (χ3v) is 8.79. The zero-order chi connectivity index (χ0) is 47.5. The molecule has 0 aliphatic carbocycles. The second-order valence-corrected chi connectivity index (χ2v) is 14.6. The average molecular weight is 1030 g/mol. The van der Waals surface area contributed by atoms with Gasteiger partial charge in [0.2, 0.25) is 0 Å². The molecule has 21 heteroatoms. The Morgan fingerprint density at radius 2 is 0.969 bits per heavy atom. The summed E-state index contributed by atoms with van der Waals surface area (Å²) in [6, 6.07) is 29.1. The van der Waals surface area contributed by atoms with E-state index < -0.39 is 70.3 Å². The molecule has 0 atom stereocenters. The zero-order valence-electron chi connectivity index (χ0n) is 33.7. The number of urea groups is 3. The number of benzene rings is 6. The van der Waals surface area contributed by atoms with Crippen molar-refractivity contribution in [2.45, 2.75) is 13.3 Å². The monoisotopic (exact) mass is 1030 g/mol. The molecule has 65 heavy (non-hydrogen) atoms. The Morgan fingerprint density at radius 3 is 1.48 bits per heavy atom. The van der Waals surface area contributed by atoms with Gasteiger partial charge >= 0.3 is 24.1 Å². The Hall–Kier alpha value is -7.52. The highest BCUT2D eigenvalue weighted by molar-refractivity contribution is 9.10. The number of esters is 1. The number of nitrogens with one attached hydrogen (secondary N) is 6. The Balaban J connectivity index is 0.000000217. The molecule has 0 radical (unpaired) electrons. The number of carbonyl (C=O) groups excluding carboxylic acids is 4. The Kier molecular flexibility index (Phi) is 19.2. The predicted molar refractivity (Wildman–Crippen MR) is 243 cm³/mol. The molecule has 0 aliphatic heterocycles. The van der Waals surface area contributed by atoms with Gasteiger partial charge in [-0.3, -0.25) is 4.79 Å². The van der Waals surface area contributed by atoms with Crippen molar-refractivity contribution < 1.29 is 61.5 Å². The van der Waals surface area contributed by atoms with Crippen LogP contribution >= 0.6 is 31.9 Å². The maximum atomic E-state index is 13.5. The van der Waals surface area contributed by atoms with E-state index in [1.54, 1.807) is 55.5 Å². The van der Waals surface area contributed by atoms with Crippen LogP contribution in [0.3, 0.4) is 0 Å². The number of rotatable bonds is 11. The number of phenols is 3. The number of aromatic hydroxyl groups is 3. The predicted octanol–water partition coefficient (Wildman–Crippen LogP) is 11.4. The molecule has 0 spiro atoms. The van der Waals surface area contributed by atoms with Crippen LogP contribution in [-0.4, -0.2) is 52.5 Å². The lowest BCUT2D eigenvalue weighted by molar-refractivity contribution is -0.142. The van der Waals surface area contributed by atoms with Gasteiger partial charge in [-0.25, -0.2) is 31.9 Å². The molecule has 0 aromatic heterocycles. The van der Waals surface area contributed by atoms with E-state index >= 15 is 0 Å². The fourth-order valence-electron chi connectivity index (χ4n) is 4.98. The van der Waals surface area contributed by atoms with Crippen molar-refractivity contribution in [2.75, 3.05) is 39.7 Å². The van der Waals surface area contributed by atoms with Gasteiger partial charge < -0.3 is 56.7 Å². The summed E-state index contributed by atoms with van der Waals surface area (Å²) in [5.74, 6) is -5.04. The molecule has 6 aromatic carbocycles. The second-order valence-electron chi connectivity index (χ2n) is 12.8. The van der Waals surface area contributed by atoms with Crippen LogP contribution in [-0.2, 0) is 9.53 Å². The molecular formula is C44H38Br2F4N6O9. The summed E-state index contributed by atoms with van der Waals surface area (Å²) in [4.78, 5) is 46.1. The first kappa shape index (κ1) is 50.1. The summed E-state index contributed by atoms with van der Waals surface area (Å²) >= 11 is 6.18. The Morgan fingerprint density at radius 1 is 0.538 bits per heavy atom. The fourth-order valence-corrected chi connectivity index (χ4v) is 5.84. The lowest BCUT2D eigenvalue weighted by atomic mass is 10.2. The van der Waals surface area contributed by atoms with E-state index in [0.29, 0.717) is 37.9 Å². The highest BCUT2D eigenvalue weighted by Gasteiger charge is 2.15. The first-order valence-electron chi connectivity index (χ1n) is 18.8. The molecule has 6 aromatic rings. The highest BCUT2D eigenvalue weighted by Crippen LogP contribution is 2.32. The maximum absolute atomic E-state index is 13.5. The molecule has 0 heterocycles. The van der Waals surface area contributed by atoms with Crippen LogP contribution in [0.4, 0.5) is 60.4 Å². The van der Waals surface area contributed by atoms with E-state index in [1.165, 1.54) is 12.1 Å². The largest absolute Gasteiger partial charge is 0.503 e. The van der Waals surface area contributed by atoms with E-state index in [0.717, 1.165) is 18.2 Å². The number of halogens is 6. The van der Waals surface area contributed by atoms with Gasteiger partial charge in [-0.2, -0.15) is 0 Å². The van der Waals surface area contributed by atoms with Crippen molar-refractivity contribution in [3.63, 3.8) is 0 Å². The van der Waals surface area contributed by atoms with E-state index in [-0.39, 0.29) is 30.9 Å². The number of anilines is 5. The molecule has 0 saturated carbocycles. The molecule has 340 valence electrons. The third kappa shape index (κ3) is 16.9. The number of phenolic OH excluding ortho intramolecular Hbond substituents is 3. The van der Waals surface area contributed by atoms with Gasteiger partial charge in [0.1, 0.15) is 17.3 Å². The van der Waals surface area contributed by atoms with Crippen LogP contribution in [0.5, 0.6) is 28.7 Å². The van der Waals surface area contributed by atoms with Gasteiger partial charge in [-0.05, 0) is 79.7 Å². The third-order valence-electron chi connectivity index (χ3n) is 7.87. The number of hydrogen-bond donors (Lipinski definition) is 9. The molecule has 0 unspecified atom stereocenters. The van der Waals surface area contributed by atoms with E-state index in [1.807, 2.05) is 36.4 Å². The number of ether oxygens (including phenoxy) is 2. The van der Waals surface area contributed by atoms with Gasteiger partial charge in [0.25, 0.3) is 0 Å². The second kappa shape index (κ2) is 24.9. The van der Waals surface area contributed by atoms with Crippen molar-refractivity contribution in [3.05, 3.63) is 154 Å². The van der Waals surface area contributed by atoms with Crippen molar-refractivity contribution >= 4 is 84.4 Å². The van der Waals surface area contributed by atoms with Gasteiger partial charge in [-0.1, -0.05) is 68.3 Å². The standard InChI is InChI=1S/C19H14BrFN2O3.C13H10BrFN2O2.C12H14F2N2O4/c20-12-10-16(21)18(24)17(11-12)23-19(25)22-13-6-8-15(9-7-13)26-14-4-2-1-3-5-14;14-8-6-10(15)12(18)11(7-8)17-13(19)16-9-4-2-1-3-5-9;1-2-20-10(17)3-4-15-12(19)16-9-6-7(13)5-8(14)11(9)18/h1-11,24H,(H2,22,23,25);1-7,18H,(H2,16,17,19);5-6,18H,2-4H2,1H3,(H2,15,16,19). The zero-order valence-corrected chi connectivity index (χ0v) is 36.9. The fraction of sp³-hybridized carbons (Fsp3) is 0.0909. The Labute approximate surface area is 385 Å². The molecule has 0 aliphatic rings. The first-order chi connectivity index (χ1) is 31.0. The lowest BCUT2D eigenvalue weighted by Gasteiger charge is -2.11. The summed E-state index contributed by atoms with van der Waals surface area (Å²) in [6.45, 7) is 1.88. The van der Waals surface area contributed by atoms with Crippen molar-refractivity contribution in [2.24, 2.45) is 0 Å². The number of hydrogen-bond acceptors (Lipinski definition) is 9. The van der Waals surface area contributed by atoms with Gasteiger partial charge in [0.05, 0.1) is 30.1 Å². The number of para-hydroxylation sites is 2. The maximum Gasteiger partial charge on any atom is 0.323 e. The van der Waals surface area contributed by atoms with Gasteiger partial charge in [0, 0.05) is 39.0 Å². The minimum Gasteiger partial charge on any atom is -0.503 e. The topological polar surface area (TPSA) is 220 Å². The average Bonchev–Trinajstić information content (AvgIpc) is 3.25. The van der Waals surface area contributed by atoms with Crippen LogP contribution in [0.25, 0.3) is 0 Å². The molecule has 0 bridgehead atoms. The summed E-state index contributed by atoms with van der Waals surface area (Å²) < 4.78 is 63.8. The molecule has 0 saturated heterocycles. The van der Waals surface area contributed by atoms with Crippen molar-refractivity contribution in [1.82, 2.24) is 5.32 Å². The minimum atomic E-state index is -1.19.